The van der Waals surface area contributed by atoms with E-state index in [0.717, 1.165) is 22.7 Å². The molecule has 136 valence electrons. The third-order valence-corrected chi connectivity index (χ3v) is 5.47. The minimum atomic E-state index is -0.288. The predicted molar refractivity (Wildman–Crippen MR) is 108 cm³/mol. The number of carbonyl (C=O) groups excluding carboxylic acids is 1. The number of thiazole rings is 1. The second-order valence-electron chi connectivity index (χ2n) is 5.55. The number of rotatable bonds is 6. The Balaban J connectivity index is 1.81. The van der Waals surface area contributed by atoms with Crippen molar-refractivity contribution in [2.24, 2.45) is 0 Å². The molecule has 1 N–H and O–H groups in total. The second-order valence-corrected chi connectivity index (χ2v) is 7.45. The van der Waals surface area contributed by atoms with Gasteiger partial charge in [-0.25, -0.2) is 4.98 Å². The van der Waals surface area contributed by atoms with Crippen LogP contribution in [0, 0.1) is 0 Å². The molecule has 0 saturated carbocycles. The van der Waals surface area contributed by atoms with Gasteiger partial charge in [0.1, 0.15) is 17.6 Å². The van der Waals surface area contributed by atoms with Crippen molar-refractivity contribution in [3.05, 3.63) is 45.4 Å². The fourth-order valence-electron chi connectivity index (χ4n) is 2.47. The van der Waals surface area contributed by atoms with E-state index in [-0.39, 0.29) is 18.0 Å². The van der Waals surface area contributed by atoms with Gasteiger partial charge in [0, 0.05) is 23.2 Å². The van der Waals surface area contributed by atoms with Crippen molar-refractivity contribution < 1.29 is 4.79 Å². The van der Waals surface area contributed by atoms with Crippen molar-refractivity contribution in [2.75, 3.05) is 23.3 Å². The lowest BCUT2D eigenvalue weighted by Crippen LogP contribution is -2.27. The summed E-state index contributed by atoms with van der Waals surface area (Å²) >= 11 is 4.66. The van der Waals surface area contributed by atoms with Crippen LogP contribution in [0.2, 0.25) is 0 Å². The number of aromatic nitrogens is 3. The number of halogens is 1. The molecule has 0 aliphatic heterocycles. The summed E-state index contributed by atoms with van der Waals surface area (Å²) in [7, 11) is 0. The molecule has 0 unspecified atom stereocenters. The second kappa shape index (κ2) is 7.96. The van der Waals surface area contributed by atoms with Crippen LogP contribution in [-0.4, -0.2) is 33.5 Å². The van der Waals surface area contributed by atoms with Gasteiger partial charge in [-0.1, -0.05) is 27.3 Å². The molecule has 3 rings (SSSR count). The molecule has 9 heteroatoms. The Morgan fingerprint density at radius 3 is 2.62 bits per heavy atom. The van der Waals surface area contributed by atoms with Gasteiger partial charge in [-0.05, 0) is 38.1 Å². The molecule has 0 aliphatic carbocycles. The highest BCUT2D eigenvalue weighted by molar-refractivity contribution is 9.10. The fraction of sp³-hybridized carbons (Fsp3) is 0.294. The van der Waals surface area contributed by atoms with Gasteiger partial charge in [-0.15, -0.1) is 0 Å². The number of amides is 1. The van der Waals surface area contributed by atoms with Crippen molar-refractivity contribution in [1.29, 1.82) is 0 Å². The molecule has 0 saturated heterocycles. The Kier molecular flexibility index (Phi) is 5.67. The first-order chi connectivity index (χ1) is 12.5. The highest BCUT2D eigenvalue weighted by Gasteiger charge is 2.15. The molecule has 2 aromatic heterocycles. The molecule has 0 spiro atoms. The standard InChI is InChI=1S/C17H18BrN5O2S/c1-3-22(4-2)17-21-15-14(26-17)16(25)23(10-19-15)9-13(24)20-12-7-5-11(18)6-8-12/h5-8,10H,3-4,9H2,1-2H3,(H,20,24). The van der Waals surface area contributed by atoms with Gasteiger partial charge in [-0.3, -0.25) is 14.2 Å². The van der Waals surface area contributed by atoms with E-state index >= 15 is 0 Å². The van der Waals surface area contributed by atoms with E-state index in [1.165, 1.54) is 22.2 Å². The monoisotopic (exact) mass is 435 g/mol. The largest absolute Gasteiger partial charge is 0.349 e. The first-order valence-corrected chi connectivity index (χ1v) is 9.79. The van der Waals surface area contributed by atoms with Gasteiger partial charge in [0.2, 0.25) is 5.91 Å². The normalized spacial score (nSPS) is 10.9. The summed E-state index contributed by atoms with van der Waals surface area (Å²) in [5, 5.41) is 3.54. The van der Waals surface area contributed by atoms with E-state index < -0.39 is 0 Å². The number of nitrogens with zero attached hydrogens (tertiary/aromatic N) is 4. The summed E-state index contributed by atoms with van der Waals surface area (Å²) in [5.41, 5.74) is 0.838. The topological polar surface area (TPSA) is 80.1 Å². The maximum absolute atomic E-state index is 12.7. The summed E-state index contributed by atoms with van der Waals surface area (Å²) in [4.78, 5) is 35.6. The number of hydrogen-bond donors (Lipinski definition) is 1. The molecule has 0 aliphatic rings. The molecule has 1 aromatic carbocycles. The lowest BCUT2D eigenvalue weighted by Gasteiger charge is -2.15. The van der Waals surface area contributed by atoms with Crippen LogP contribution in [-0.2, 0) is 11.3 Å². The van der Waals surface area contributed by atoms with Crippen LogP contribution in [0.4, 0.5) is 10.8 Å². The average Bonchev–Trinajstić information content (AvgIpc) is 3.05. The predicted octanol–water partition coefficient (Wildman–Crippen LogP) is 3.10. The Labute approximate surface area is 162 Å². The van der Waals surface area contributed by atoms with Gasteiger partial charge in [0.15, 0.2) is 10.8 Å². The maximum atomic E-state index is 12.7. The molecule has 3 aromatic rings. The van der Waals surface area contributed by atoms with E-state index in [4.69, 9.17) is 0 Å². The van der Waals surface area contributed by atoms with Gasteiger partial charge < -0.3 is 10.2 Å². The molecule has 7 nitrogen and oxygen atoms in total. The van der Waals surface area contributed by atoms with Crippen LogP contribution in [0.1, 0.15) is 13.8 Å². The summed E-state index contributed by atoms with van der Waals surface area (Å²) in [5.74, 6) is -0.288. The smallest absolute Gasteiger partial charge is 0.273 e. The number of nitrogens with one attached hydrogen (secondary N) is 1. The highest BCUT2D eigenvalue weighted by Crippen LogP contribution is 2.24. The number of carbonyl (C=O) groups is 1. The number of hydrogen-bond acceptors (Lipinski definition) is 6. The molecular weight excluding hydrogens is 418 g/mol. The summed E-state index contributed by atoms with van der Waals surface area (Å²) < 4.78 is 2.70. The van der Waals surface area contributed by atoms with Crippen molar-refractivity contribution >= 4 is 54.3 Å². The Hall–Kier alpha value is -2.26. The Morgan fingerprint density at radius 2 is 1.96 bits per heavy atom. The first-order valence-electron chi connectivity index (χ1n) is 8.18. The SMILES string of the molecule is CCN(CC)c1nc2ncn(CC(=O)Nc3ccc(Br)cc3)c(=O)c2s1. The quantitative estimate of drug-likeness (QED) is 0.643. The van der Waals surface area contributed by atoms with Crippen molar-refractivity contribution in [2.45, 2.75) is 20.4 Å². The fourth-order valence-corrected chi connectivity index (χ4v) is 3.83. The van der Waals surface area contributed by atoms with E-state index in [2.05, 4.69) is 36.1 Å². The van der Waals surface area contributed by atoms with E-state index in [1.807, 2.05) is 26.0 Å². The minimum Gasteiger partial charge on any atom is -0.349 e. The molecule has 26 heavy (non-hydrogen) atoms. The first kappa shape index (κ1) is 18.5. The maximum Gasteiger partial charge on any atom is 0.273 e. The molecule has 2 heterocycles. The average molecular weight is 436 g/mol. The Morgan fingerprint density at radius 1 is 1.27 bits per heavy atom. The number of benzene rings is 1. The van der Waals surface area contributed by atoms with E-state index in [0.29, 0.717) is 16.0 Å². The zero-order valence-corrected chi connectivity index (χ0v) is 16.8. The third-order valence-electron chi connectivity index (χ3n) is 3.85. The summed E-state index contributed by atoms with van der Waals surface area (Å²) in [6.45, 7) is 5.58. The van der Waals surface area contributed by atoms with Crippen LogP contribution in [0.25, 0.3) is 10.3 Å². The van der Waals surface area contributed by atoms with E-state index in [1.54, 1.807) is 12.1 Å². The highest BCUT2D eigenvalue weighted by atomic mass is 79.9. The van der Waals surface area contributed by atoms with Crippen molar-refractivity contribution in [1.82, 2.24) is 14.5 Å². The zero-order chi connectivity index (χ0) is 18.7. The van der Waals surface area contributed by atoms with Crippen molar-refractivity contribution in [3.63, 3.8) is 0 Å². The van der Waals surface area contributed by atoms with Gasteiger partial charge in [0.05, 0.1) is 0 Å². The molecule has 1 amide bonds. The molecular formula is C17H18BrN5O2S. The van der Waals surface area contributed by atoms with Gasteiger partial charge in [0.25, 0.3) is 5.56 Å². The van der Waals surface area contributed by atoms with Crippen molar-refractivity contribution in [3.8, 4) is 0 Å². The summed E-state index contributed by atoms with van der Waals surface area (Å²) in [6, 6.07) is 7.24. The number of anilines is 2. The van der Waals surface area contributed by atoms with Crippen LogP contribution in [0.15, 0.2) is 39.9 Å². The Bertz CT molecular complexity index is 979. The van der Waals surface area contributed by atoms with Crippen LogP contribution < -0.4 is 15.8 Å². The lowest BCUT2D eigenvalue weighted by atomic mass is 10.3. The van der Waals surface area contributed by atoms with Crippen LogP contribution in [0.3, 0.4) is 0 Å². The van der Waals surface area contributed by atoms with Crippen LogP contribution in [0.5, 0.6) is 0 Å². The molecule has 0 radical (unpaired) electrons. The van der Waals surface area contributed by atoms with Gasteiger partial charge >= 0.3 is 0 Å². The lowest BCUT2D eigenvalue weighted by molar-refractivity contribution is -0.116. The zero-order valence-electron chi connectivity index (χ0n) is 14.4. The van der Waals surface area contributed by atoms with Crippen LogP contribution >= 0.6 is 27.3 Å². The third kappa shape index (κ3) is 3.94. The van der Waals surface area contributed by atoms with E-state index in [9.17, 15) is 9.59 Å². The number of fused-ring (bicyclic) bond motifs is 1. The molecule has 0 bridgehead atoms. The molecule has 0 fully saturated rings. The molecule has 0 atom stereocenters. The minimum absolute atomic E-state index is 0.101. The van der Waals surface area contributed by atoms with Gasteiger partial charge in [-0.2, -0.15) is 4.98 Å². The summed E-state index contributed by atoms with van der Waals surface area (Å²) in [6.07, 6.45) is 1.37.